The molecular weight excluding hydrogens is 300 g/mol. The van der Waals surface area contributed by atoms with E-state index in [9.17, 15) is 9.59 Å². The van der Waals surface area contributed by atoms with Crippen LogP contribution in [0.1, 0.15) is 35.2 Å². The summed E-state index contributed by atoms with van der Waals surface area (Å²) in [7, 11) is 0. The lowest BCUT2D eigenvalue weighted by atomic mass is 9.95. The van der Waals surface area contributed by atoms with E-state index in [1.165, 1.54) is 0 Å². The highest BCUT2D eigenvalue weighted by molar-refractivity contribution is 9.10. The molecule has 0 N–H and O–H groups in total. The smallest absolute Gasteiger partial charge is 0.172 e. The van der Waals surface area contributed by atoms with E-state index in [0.29, 0.717) is 36.7 Å². The van der Waals surface area contributed by atoms with Crippen LogP contribution in [0.15, 0.2) is 10.5 Å². The Labute approximate surface area is 113 Å². The third-order valence-corrected chi connectivity index (χ3v) is 3.55. The maximum absolute atomic E-state index is 11.0. The van der Waals surface area contributed by atoms with Crippen molar-refractivity contribution in [2.75, 3.05) is 13.2 Å². The molecule has 5 heteroatoms. The lowest BCUT2D eigenvalue weighted by Gasteiger charge is -2.25. The third-order valence-electron chi connectivity index (χ3n) is 2.90. The Kier molecular flexibility index (Phi) is 4.01. The highest BCUT2D eigenvalue weighted by Crippen LogP contribution is 2.44. The number of hydrogen-bond donors (Lipinski definition) is 0. The fourth-order valence-corrected chi connectivity index (χ4v) is 2.85. The maximum Gasteiger partial charge on any atom is 0.172 e. The summed E-state index contributed by atoms with van der Waals surface area (Å²) < 4.78 is 11.9. The van der Waals surface area contributed by atoms with Gasteiger partial charge in [-0.1, -0.05) is 22.9 Å². The van der Waals surface area contributed by atoms with Crippen LogP contribution in [0, 0.1) is 0 Å². The molecule has 96 valence electrons. The van der Waals surface area contributed by atoms with Crippen LogP contribution < -0.4 is 9.47 Å². The molecule has 1 aliphatic heterocycles. The van der Waals surface area contributed by atoms with Crippen molar-refractivity contribution in [2.24, 2.45) is 0 Å². The second-order valence-corrected chi connectivity index (χ2v) is 4.99. The highest BCUT2D eigenvalue weighted by atomic mass is 79.9. The first-order valence-electron chi connectivity index (χ1n) is 5.69. The number of hydrogen-bond acceptors (Lipinski definition) is 4. The van der Waals surface area contributed by atoms with Gasteiger partial charge in [0.05, 0.1) is 5.56 Å². The summed E-state index contributed by atoms with van der Waals surface area (Å²) in [5.41, 5.74) is 1.33. The number of halogens is 1. The van der Waals surface area contributed by atoms with Gasteiger partial charge in [-0.25, -0.2) is 0 Å². The third kappa shape index (κ3) is 2.27. The molecule has 4 nitrogen and oxygen atoms in total. The normalized spacial score (nSPS) is 15.0. The van der Waals surface area contributed by atoms with Gasteiger partial charge in [-0.05, 0) is 12.0 Å². The second kappa shape index (κ2) is 5.52. The molecule has 1 atom stereocenters. The minimum Gasteiger partial charge on any atom is -0.486 e. The molecule has 0 fully saturated rings. The minimum atomic E-state index is 0.00743. The number of carbonyl (C=O) groups excluding carboxylic acids is 2. The number of benzene rings is 1. The van der Waals surface area contributed by atoms with Gasteiger partial charge in [0.2, 0.25) is 0 Å². The average molecular weight is 313 g/mol. The van der Waals surface area contributed by atoms with Crippen LogP contribution in [0.3, 0.4) is 0 Å². The van der Waals surface area contributed by atoms with Crippen molar-refractivity contribution in [3.8, 4) is 11.5 Å². The molecule has 1 aliphatic rings. The lowest BCUT2D eigenvalue weighted by molar-refractivity contribution is -0.108. The van der Waals surface area contributed by atoms with Gasteiger partial charge >= 0.3 is 0 Å². The predicted molar refractivity (Wildman–Crippen MR) is 69.6 cm³/mol. The Morgan fingerprint density at radius 1 is 1.33 bits per heavy atom. The molecule has 0 aliphatic carbocycles. The van der Waals surface area contributed by atoms with E-state index >= 15 is 0 Å². The first-order chi connectivity index (χ1) is 8.69. The summed E-state index contributed by atoms with van der Waals surface area (Å²) in [5.74, 6) is 1.06. The minimum absolute atomic E-state index is 0.00743. The van der Waals surface area contributed by atoms with E-state index in [1.54, 1.807) is 6.07 Å². The molecule has 0 radical (unpaired) electrons. The fourth-order valence-electron chi connectivity index (χ4n) is 2.03. The van der Waals surface area contributed by atoms with Crippen LogP contribution in [0.5, 0.6) is 11.5 Å². The molecule has 1 aromatic rings. The van der Waals surface area contributed by atoms with Gasteiger partial charge in [0, 0.05) is 16.5 Å². The molecule has 0 amide bonds. The molecule has 18 heavy (non-hydrogen) atoms. The Bertz CT molecular complexity index is 484. The van der Waals surface area contributed by atoms with Crippen molar-refractivity contribution in [3.05, 3.63) is 21.7 Å². The van der Waals surface area contributed by atoms with Crippen LogP contribution in [-0.4, -0.2) is 25.8 Å². The van der Waals surface area contributed by atoms with Gasteiger partial charge in [0.25, 0.3) is 0 Å². The van der Waals surface area contributed by atoms with Crippen LogP contribution in [0.2, 0.25) is 0 Å². The Hall–Kier alpha value is -1.36. The van der Waals surface area contributed by atoms with Crippen LogP contribution in [-0.2, 0) is 4.79 Å². The topological polar surface area (TPSA) is 52.6 Å². The van der Waals surface area contributed by atoms with E-state index in [2.05, 4.69) is 15.9 Å². The van der Waals surface area contributed by atoms with Gasteiger partial charge in [0.1, 0.15) is 19.5 Å². The zero-order valence-corrected chi connectivity index (χ0v) is 11.5. The summed E-state index contributed by atoms with van der Waals surface area (Å²) in [6.07, 6.45) is 2.02. The zero-order valence-electron chi connectivity index (χ0n) is 9.94. The van der Waals surface area contributed by atoms with Gasteiger partial charge in [0.15, 0.2) is 17.8 Å². The number of rotatable bonds is 4. The molecular formula is C13H13BrO4. The lowest BCUT2D eigenvalue weighted by Crippen LogP contribution is -2.19. The Balaban J connectivity index is 2.58. The van der Waals surface area contributed by atoms with E-state index in [-0.39, 0.29) is 5.92 Å². The molecule has 2 rings (SSSR count). The van der Waals surface area contributed by atoms with Crippen molar-refractivity contribution in [1.29, 1.82) is 0 Å². The molecule has 1 heterocycles. The van der Waals surface area contributed by atoms with E-state index in [1.807, 2.05) is 6.92 Å². The molecule has 1 unspecified atom stereocenters. The Morgan fingerprint density at radius 3 is 2.61 bits per heavy atom. The average Bonchev–Trinajstić information content (AvgIpc) is 2.37. The fraction of sp³-hybridized carbons (Fsp3) is 0.385. The van der Waals surface area contributed by atoms with Gasteiger partial charge in [-0.15, -0.1) is 0 Å². The van der Waals surface area contributed by atoms with Crippen molar-refractivity contribution in [1.82, 2.24) is 0 Å². The summed E-state index contributed by atoms with van der Waals surface area (Å²) in [4.78, 5) is 21.7. The number of fused-ring (bicyclic) bond motifs is 1. The summed E-state index contributed by atoms with van der Waals surface area (Å²) in [6.45, 7) is 2.81. The van der Waals surface area contributed by atoms with Gasteiger partial charge in [-0.3, -0.25) is 4.79 Å². The van der Waals surface area contributed by atoms with E-state index in [0.717, 1.165) is 22.6 Å². The van der Waals surface area contributed by atoms with Crippen LogP contribution >= 0.6 is 15.9 Å². The first-order valence-corrected chi connectivity index (χ1v) is 6.49. The largest absolute Gasteiger partial charge is 0.486 e. The molecule has 0 saturated heterocycles. The standard InChI is InChI=1S/C13H13BrO4/c1-8(2-3-15)11-10(14)6-9(7-16)12-13(11)18-5-4-17-12/h3,6-8H,2,4-5H2,1H3. The monoisotopic (exact) mass is 312 g/mol. The van der Waals surface area contributed by atoms with Crippen molar-refractivity contribution in [3.63, 3.8) is 0 Å². The van der Waals surface area contributed by atoms with Crippen molar-refractivity contribution in [2.45, 2.75) is 19.3 Å². The van der Waals surface area contributed by atoms with Crippen molar-refractivity contribution < 1.29 is 19.1 Å². The quantitative estimate of drug-likeness (QED) is 0.802. The van der Waals surface area contributed by atoms with Gasteiger partial charge in [-0.2, -0.15) is 0 Å². The van der Waals surface area contributed by atoms with Crippen molar-refractivity contribution >= 4 is 28.5 Å². The van der Waals surface area contributed by atoms with Crippen LogP contribution in [0.4, 0.5) is 0 Å². The number of carbonyl (C=O) groups is 2. The number of aldehydes is 2. The van der Waals surface area contributed by atoms with Gasteiger partial charge < -0.3 is 14.3 Å². The maximum atomic E-state index is 11.0. The number of ether oxygens (including phenoxy) is 2. The summed E-state index contributed by atoms with van der Waals surface area (Å²) >= 11 is 3.43. The summed E-state index contributed by atoms with van der Waals surface area (Å²) in [6, 6.07) is 1.71. The molecule has 0 aromatic heterocycles. The van der Waals surface area contributed by atoms with Crippen LogP contribution in [0.25, 0.3) is 0 Å². The second-order valence-electron chi connectivity index (χ2n) is 4.14. The molecule has 0 saturated carbocycles. The predicted octanol–water partition coefficient (Wildman–Crippen LogP) is 2.73. The summed E-state index contributed by atoms with van der Waals surface area (Å²) in [5, 5.41) is 0. The zero-order chi connectivity index (χ0) is 13.1. The highest BCUT2D eigenvalue weighted by Gasteiger charge is 2.25. The first kappa shape index (κ1) is 13.1. The molecule has 0 spiro atoms. The molecule has 1 aromatic carbocycles. The van der Waals surface area contributed by atoms with E-state index in [4.69, 9.17) is 9.47 Å². The van der Waals surface area contributed by atoms with E-state index < -0.39 is 0 Å². The molecule has 0 bridgehead atoms. The Morgan fingerprint density at radius 2 is 2.00 bits per heavy atom. The SMILES string of the molecule is CC(CC=O)c1c(Br)cc(C=O)c2c1OCCO2.